The Kier molecular flexibility index (Phi) is 4.83. The lowest BCUT2D eigenvalue weighted by atomic mass is 9.92. The van der Waals surface area contributed by atoms with Crippen LogP contribution in [-0.2, 0) is 25.9 Å². The zero-order valence-corrected chi connectivity index (χ0v) is 14.7. The van der Waals surface area contributed by atoms with E-state index in [0.29, 0.717) is 6.04 Å². The third kappa shape index (κ3) is 3.92. The Morgan fingerprint density at radius 2 is 2.28 bits per heavy atom. The Morgan fingerprint density at radius 1 is 1.36 bits per heavy atom. The molecule has 2 aliphatic rings. The molecule has 0 bridgehead atoms. The summed E-state index contributed by atoms with van der Waals surface area (Å²) in [5.74, 6) is 1.04. The van der Waals surface area contributed by atoms with E-state index in [4.69, 9.17) is 4.52 Å². The summed E-state index contributed by atoms with van der Waals surface area (Å²) in [6, 6.07) is 6.57. The molecule has 0 spiro atoms. The molecule has 134 valence electrons. The van der Waals surface area contributed by atoms with Crippen LogP contribution in [0.3, 0.4) is 0 Å². The molecule has 4 rings (SSSR count). The van der Waals surface area contributed by atoms with Gasteiger partial charge in [0.1, 0.15) is 11.5 Å². The fourth-order valence-corrected chi connectivity index (χ4v) is 3.88. The number of rotatable bonds is 5. The molecule has 2 N–H and O–H groups in total. The monoisotopic (exact) mass is 342 g/mol. The van der Waals surface area contributed by atoms with Crippen molar-refractivity contribution in [2.45, 2.75) is 57.8 Å². The summed E-state index contributed by atoms with van der Waals surface area (Å²) in [4.78, 5) is 6.82. The molecule has 0 amide bonds. The van der Waals surface area contributed by atoms with Crippen LogP contribution in [-0.4, -0.2) is 45.4 Å². The molecule has 0 aromatic carbocycles. The van der Waals surface area contributed by atoms with Gasteiger partial charge in [0.25, 0.3) is 0 Å². The van der Waals surface area contributed by atoms with E-state index in [2.05, 4.69) is 32.5 Å². The molecule has 1 saturated heterocycles. The highest BCUT2D eigenvalue weighted by Crippen LogP contribution is 2.26. The van der Waals surface area contributed by atoms with Crippen LogP contribution in [0.5, 0.6) is 0 Å². The van der Waals surface area contributed by atoms with E-state index in [9.17, 15) is 5.11 Å². The summed E-state index contributed by atoms with van der Waals surface area (Å²) < 4.78 is 5.57. The molecule has 1 aliphatic carbocycles. The molecule has 1 unspecified atom stereocenters. The van der Waals surface area contributed by atoms with E-state index in [1.165, 1.54) is 5.56 Å². The number of fused-ring (bicyclic) bond motifs is 1. The van der Waals surface area contributed by atoms with Crippen LogP contribution in [0.15, 0.2) is 22.7 Å². The fourth-order valence-electron chi connectivity index (χ4n) is 3.88. The van der Waals surface area contributed by atoms with E-state index in [0.717, 1.165) is 74.7 Å². The summed E-state index contributed by atoms with van der Waals surface area (Å²) >= 11 is 0. The minimum Gasteiger partial charge on any atom is -0.392 e. The van der Waals surface area contributed by atoms with Crippen molar-refractivity contribution in [1.29, 1.82) is 0 Å². The van der Waals surface area contributed by atoms with Crippen molar-refractivity contribution >= 4 is 0 Å². The minimum atomic E-state index is -0.195. The highest BCUT2D eigenvalue weighted by molar-refractivity contribution is 5.27. The number of aromatic nitrogens is 2. The number of pyridine rings is 1. The highest BCUT2D eigenvalue weighted by atomic mass is 16.5. The predicted octanol–water partition coefficient (Wildman–Crippen LogP) is 1.59. The number of β-amino-alcohol motifs (C(OH)–C–C–N with tert-alkyl or cyclic N) is 1. The van der Waals surface area contributed by atoms with E-state index < -0.39 is 0 Å². The van der Waals surface area contributed by atoms with Crippen LogP contribution < -0.4 is 5.32 Å². The fraction of sp³-hybridized carbons (Fsp3) is 0.579. The zero-order valence-electron chi connectivity index (χ0n) is 14.7. The maximum atomic E-state index is 9.70. The second kappa shape index (κ2) is 7.23. The molecule has 2 aromatic rings. The number of likely N-dealkylation sites (tertiary alicyclic amines) is 1. The Balaban J connectivity index is 1.37. The third-order valence-corrected chi connectivity index (χ3v) is 5.26. The maximum absolute atomic E-state index is 9.70. The zero-order chi connectivity index (χ0) is 17.2. The second-order valence-corrected chi connectivity index (χ2v) is 7.30. The molecule has 3 heterocycles. The SMILES string of the molecule is Cc1cccc(CNC2CCc3onc(CN4CC[C@@H](O)C4)c3C2)n1. The van der Waals surface area contributed by atoms with Crippen LogP contribution in [0.1, 0.15) is 41.2 Å². The quantitative estimate of drug-likeness (QED) is 0.860. The van der Waals surface area contributed by atoms with E-state index in [-0.39, 0.29) is 6.10 Å². The van der Waals surface area contributed by atoms with Crippen molar-refractivity contribution in [3.63, 3.8) is 0 Å². The molecule has 6 heteroatoms. The average molecular weight is 342 g/mol. The van der Waals surface area contributed by atoms with E-state index in [1.807, 2.05) is 13.0 Å². The number of hydrogen-bond donors (Lipinski definition) is 2. The Morgan fingerprint density at radius 3 is 3.08 bits per heavy atom. The normalized spacial score (nSPS) is 23.8. The first kappa shape index (κ1) is 16.7. The second-order valence-electron chi connectivity index (χ2n) is 7.30. The number of nitrogens with one attached hydrogen (secondary N) is 1. The van der Waals surface area contributed by atoms with Crippen molar-refractivity contribution in [2.24, 2.45) is 0 Å². The van der Waals surface area contributed by atoms with Crippen molar-refractivity contribution in [1.82, 2.24) is 20.4 Å². The number of nitrogens with zero attached hydrogens (tertiary/aromatic N) is 3. The number of hydrogen-bond acceptors (Lipinski definition) is 6. The minimum absolute atomic E-state index is 0.195. The average Bonchev–Trinajstić information content (AvgIpc) is 3.20. The summed E-state index contributed by atoms with van der Waals surface area (Å²) in [6.45, 7) is 5.27. The van der Waals surface area contributed by atoms with Gasteiger partial charge >= 0.3 is 0 Å². The summed E-state index contributed by atoms with van der Waals surface area (Å²) in [6.07, 6.45) is 3.61. The van der Waals surface area contributed by atoms with Gasteiger partial charge in [0.05, 0.1) is 11.8 Å². The van der Waals surface area contributed by atoms with E-state index >= 15 is 0 Å². The van der Waals surface area contributed by atoms with Gasteiger partial charge in [0.2, 0.25) is 0 Å². The van der Waals surface area contributed by atoms with Crippen molar-refractivity contribution in [3.8, 4) is 0 Å². The van der Waals surface area contributed by atoms with Crippen LogP contribution in [0.2, 0.25) is 0 Å². The van der Waals surface area contributed by atoms with Crippen LogP contribution >= 0.6 is 0 Å². The van der Waals surface area contributed by atoms with Crippen molar-refractivity contribution in [2.75, 3.05) is 13.1 Å². The van der Waals surface area contributed by atoms with Gasteiger partial charge in [-0.1, -0.05) is 11.2 Å². The van der Waals surface area contributed by atoms with E-state index in [1.54, 1.807) is 0 Å². The topological polar surface area (TPSA) is 74.4 Å². The van der Waals surface area contributed by atoms with Crippen LogP contribution in [0, 0.1) is 6.92 Å². The van der Waals surface area contributed by atoms with Crippen molar-refractivity contribution in [3.05, 3.63) is 46.6 Å². The lowest BCUT2D eigenvalue weighted by Gasteiger charge is -2.23. The van der Waals surface area contributed by atoms with Gasteiger partial charge in [0.15, 0.2) is 0 Å². The lowest BCUT2D eigenvalue weighted by Crippen LogP contribution is -2.34. The maximum Gasteiger partial charge on any atom is 0.140 e. The Labute approximate surface area is 148 Å². The van der Waals surface area contributed by atoms with Gasteiger partial charge in [0, 0.05) is 49.9 Å². The van der Waals surface area contributed by atoms with Gasteiger partial charge in [-0.2, -0.15) is 0 Å². The highest BCUT2D eigenvalue weighted by Gasteiger charge is 2.28. The predicted molar refractivity (Wildman–Crippen MR) is 94.0 cm³/mol. The molecule has 6 nitrogen and oxygen atoms in total. The Hall–Kier alpha value is -1.76. The first-order valence-corrected chi connectivity index (χ1v) is 9.20. The number of aliphatic hydroxyl groups excluding tert-OH is 1. The number of aliphatic hydroxyl groups is 1. The third-order valence-electron chi connectivity index (χ3n) is 5.26. The molecule has 25 heavy (non-hydrogen) atoms. The first-order chi connectivity index (χ1) is 12.2. The van der Waals surface area contributed by atoms with Crippen LogP contribution in [0.4, 0.5) is 0 Å². The molecule has 1 aliphatic heterocycles. The smallest absolute Gasteiger partial charge is 0.140 e. The molecule has 2 atom stereocenters. The first-order valence-electron chi connectivity index (χ1n) is 9.20. The van der Waals surface area contributed by atoms with Gasteiger partial charge in [-0.25, -0.2) is 0 Å². The summed E-state index contributed by atoms with van der Waals surface area (Å²) in [7, 11) is 0. The standard InChI is InChI=1S/C19H26N4O2/c1-13-3-2-4-15(21-13)10-20-14-5-6-19-17(9-14)18(22-25-19)12-23-8-7-16(24)11-23/h2-4,14,16,20,24H,5-12H2,1H3/t14?,16-/m1/s1. The summed E-state index contributed by atoms with van der Waals surface area (Å²) in [5, 5.41) is 17.7. The molecule has 1 fully saturated rings. The van der Waals surface area contributed by atoms with Crippen LogP contribution in [0.25, 0.3) is 0 Å². The van der Waals surface area contributed by atoms with Gasteiger partial charge in [-0.15, -0.1) is 0 Å². The number of aryl methyl sites for hydroxylation is 2. The largest absolute Gasteiger partial charge is 0.392 e. The molecule has 0 radical (unpaired) electrons. The molecular formula is C19H26N4O2. The lowest BCUT2D eigenvalue weighted by molar-refractivity contribution is 0.173. The Bertz CT molecular complexity index is 730. The van der Waals surface area contributed by atoms with Crippen molar-refractivity contribution < 1.29 is 9.63 Å². The van der Waals surface area contributed by atoms with Gasteiger partial charge in [-0.05, 0) is 38.3 Å². The molecule has 0 saturated carbocycles. The summed E-state index contributed by atoms with van der Waals surface area (Å²) in [5.41, 5.74) is 4.45. The molecule has 2 aromatic heterocycles. The van der Waals surface area contributed by atoms with Gasteiger partial charge < -0.3 is 14.9 Å². The van der Waals surface area contributed by atoms with Gasteiger partial charge in [-0.3, -0.25) is 9.88 Å². The molecular weight excluding hydrogens is 316 g/mol.